The fourth-order valence-electron chi connectivity index (χ4n) is 1.33. The molecule has 0 aliphatic heterocycles. The summed E-state index contributed by atoms with van der Waals surface area (Å²) < 4.78 is 5.79. The summed E-state index contributed by atoms with van der Waals surface area (Å²) in [6.45, 7) is 3.65. The van der Waals surface area contributed by atoms with Crippen molar-refractivity contribution in [2.75, 3.05) is 7.11 Å². The number of rotatable bonds is 2. The number of ether oxygens (including phenoxy) is 1. The summed E-state index contributed by atoms with van der Waals surface area (Å²) in [6, 6.07) is 3.50. The van der Waals surface area contributed by atoms with Crippen molar-refractivity contribution in [3.8, 4) is 11.5 Å². The van der Waals surface area contributed by atoms with Gasteiger partial charge in [-0.1, -0.05) is 15.9 Å². The van der Waals surface area contributed by atoms with Crippen molar-refractivity contribution in [1.29, 1.82) is 0 Å². The molecular formula is C10H14BrNO2. The molecule has 0 saturated carbocycles. The number of aromatic hydroxyl groups is 1. The van der Waals surface area contributed by atoms with Crippen LogP contribution in [0.4, 0.5) is 0 Å². The van der Waals surface area contributed by atoms with Gasteiger partial charge in [-0.15, -0.1) is 0 Å². The van der Waals surface area contributed by atoms with Gasteiger partial charge in [-0.3, -0.25) is 0 Å². The third-order valence-electron chi connectivity index (χ3n) is 1.95. The van der Waals surface area contributed by atoms with Gasteiger partial charge in [0.15, 0.2) is 11.5 Å². The summed E-state index contributed by atoms with van der Waals surface area (Å²) >= 11 is 3.35. The van der Waals surface area contributed by atoms with Crippen LogP contribution in [0.25, 0.3) is 0 Å². The second-order valence-electron chi connectivity index (χ2n) is 3.69. The SMILES string of the molecule is COc1ccc(Br)c(C(C)(C)N)c1O. The molecule has 0 spiro atoms. The van der Waals surface area contributed by atoms with Crippen LogP contribution in [-0.4, -0.2) is 12.2 Å². The number of nitrogens with two attached hydrogens (primary N) is 1. The zero-order chi connectivity index (χ0) is 10.9. The number of methoxy groups -OCH3 is 1. The highest BCUT2D eigenvalue weighted by molar-refractivity contribution is 9.10. The Hall–Kier alpha value is -0.740. The molecule has 0 atom stereocenters. The molecule has 1 aromatic carbocycles. The van der Waals surface area contributed by atoms with Crippen LogP contribution in [-0.2, 0) is 5.54 Å². The molecule has 1 aromatic rings. The van der Waals surface area contributed by atoms with Gasteiger partial charge in [-0.25, -0.2) is 0 Å². The first-order valence-corrected chi connectivity index (χ1v) is 5.02. The molecule has 0 aliphatic rings. The Morgan fingerprint density at radius 2 is 2.00 bits per heavy atom. The monoisotopic (exact) mass is 259 g/mol. The average Bonchev–Trinajstić information content (AvgIpc) is 2.02. The normalized spacial score (nSPS) is 11.5. The molecule has 0 aromatic heterocycles. The molecule has 0 amide bonds. The van der Waals surface area contributed by atoms with Crippen molar-refractivity contribution in [1.82, 2.24) is 0 Å². The molecule has 0 fully saturated rings. The van der Waals surface area contributed by atoms with E-state index in [0.29, 0.717) is 11.3 Å². The largest absolute Gasteiger partial charge is 0.504 e. The highest BCUT2D eigenvalue weighted by Gasteiger charge is 2.24. The Kier molecular flexibility index (Phi) is 3.07. The lowest BCUT2D eigenvalue weighted by atomic mass is 9.94. The van der Waals surface area contributed by atoms with E-state index in [1.165, 1.54) is 7.11 Å². The summed E-state index contributed by atoms with van der Waals surface area (Å²) in [7, 11) is 1.51. The lowest BCUT2D eigenvalue weighted by Gasteiger charge is -2.23. The van der Waals surface area contributed by atoms with Crippen molar-refractivity contribution < 1.29 is 9.84 Å². The Bertz CT molecular complexity index is 345. The maximum Gasteiger partial charge on any atom is 0.163 e. The molecule has 3 nitrogen and oxygen atoms in total. The molecule has 0 bridgehead atoms. The van der Waals surface area contributed by atoms with E-state index in [1.807, 2.05) is 19.9 Å². The minimum Gasteiger partial charge on any atom is -0.504 e. The number of hydrogen-bond acceptors (Lipinski definition) is 3. The Labute approximate surface area is 92.0 Å². The van der Waals surface area contributed by atoms with Crippen LogP contribution in [0.2, 0.25) is 0 Å². The van der Waals surface area contributed by atoms with Crippen molar-refractivity contribution in [2.24, 2.45) is 5.73 Å². The molecule has 0 radical (unpaired) electrons. The fraction of sp³-hybridized carbons (Fsp3) is 0.400. The lowest BCUT2D eigenvalue weighted by Crippen LogP contribution is -2.29. The van der Waals surface area contributed by atoms with Crippen LogP contribution >= 0.6 is 15.9 Å². The molecule has 4 heteroatoms. The third kappa shape index (κ3) is 2.01. The average molecular weight is 260 g/mol. The molecule has 0 unspecified atom stereocenters. The van der Waals surface area contributed by atoms with E-state index in [2.05, 4.69) is 15.9 Å². The molecule has 0 heterocycles. The van der Waals surface area contributed by atoms with Gasteiger partial charge in [-0.05, 0) is 26.0 Å². The summed E-state index contributed by atoms with van der Waals surface area (Å²) in [5, 5.41) is 9.87. The van der Waals surface area contributed by atoms with Crippen molar-refractivity contribution >= 4 is 15.9 Å². The quantitative estimate of drug-likeness (QED) is 0.858. The maximum absolute atomic E-state index is 9.87. The third-order valence-corrected chi connectivity index (χ3v) is 2.62. The first-order chi connectivity index (χ1) is 6.38. The number of hydrogen-bond donors (Lipinski definition) is 2. The van der Waals surface area contributed by atoms with E-state index in [4.69, 9.17) is 10.5 Å². The first kappa shape index (κ1) is 11.3. The zero-order valence-electron chi connectivity index (χ0n) is 8.47. The lowest BCUT2D eigenvalue weighted by molar-refractivity contribution is 0.362. The number of halogens is 1. The van der Waals surface area contributed by atoms with Crippen LogP contribution in [0.3, 0.4) is 0 Å². The first-order valence-electron chi connectivity index (χ1n) is 4.22. The topological polar surface area (TPSA) is 55.5 Å². The van der Waals surface area contributed by atoms with Gasteiger partial charge in [0.05, 0.1) is 7.11 Å². The highest BCUT2D eigenvalue weighted by atomic mass is 79.9. The van der Waals surface area contributed by atoms with E-state index in [1.54, 1.807) is 6.07 Å². The Balaban J connectivity index is 3.40. The molecule has 3 N–H and O–H groups in total. The predicted molar refractivity (Wildman–Crippen MR) is 59.6 cm³/mol. The minimum atomic E-state index is -0.614. The van der Waals surface area contributed by atoms with E-state index in [0.717, 1.165) is 4.47 Å². The second-order valence-corrected chi connectivity index (χ2v) is 4.55. The van der Waals surface area contributed by atoms with Crippen LogP contribution in [0.5, 0.6) is 11.5 Å². The number of phenols is 1. The number of phenolic OH excluding ortho intramolecular Hbond substituents is 1. The molecule has 78 valence electrons. The van der Waals surface area contributed by atoms with Gasteiger partial charge in [0.25, 0.3) is 0 Å². The molecule has 14 heavy (non-hydrogen) atoms. The molecule has 1 rings (SSSR count). The van der Waals surface area contributed by atoms with Crippen LogP contribution < -0.4 is 10.5 Å². The van der Waals surface area contributed by atoms with E-state index < -0.39 is 5.54 Å². The van der Waals surface area contributed by atoms with Crippen LogP contribution in [0, 0.1) is 0 Å². The van der Waals surface area contributed by atoms with Crippen molar-refractivity contribution in [3.05, 3.63) is 22.2 Å². The maximum atomic E-state index is 9.87. The van der Waals surface area contributed by atoms with Crippen molar-refractivity contribution in [3.63, 3.8) is 0 Å². The predicted octanol–water partition coefficient (Wildman–Crippen LogP) is 2.36. The van der Waals surface area contributed by atoms with Gasteiger partial charge in [0, 0.05) is 15.6 Å². The second kappa shape index (κ2) is 3.79. The Morgan fingerprint density at radius 3 is 2.43 bits per heavy atom. The van der Waals surface area contributed by atoms with Gasteiger partial charge < -0.3 is 15.6 Å². The van der Waals surface area contributed by atoms with E-state index >= 15 is 0 Å². The van der Waals surface area contributed by atoms with Gasteiger partial charge in [-0.2, -0.15) is 0 Å². The Morgan fingerprint density at radius 1 is 1.43 bits per heavy atom. The minimum absolute atomic E-state index is 0.0920. The van der Waals surface area contributed by atoms with Gasteiger partial charge in [0.2, 0.25) is 0 Å². The van der Waals surface area contributed by atoms with Crippen LogP contribution in [0.1, 0.15) is 19.4 Å². The standard InChI is InChI=1S/C10H14BrNO2/c1-10(2,12)8-6(11)4-5-7(14-3)9(8)13/h4-5,13H,12H2,1-3H3. The van der Waals surface area contributed by atoms with E-state index in [-0.39, 0.29) is 5.75 Å². The summed E-state index contributed by atoms with van der Waals surface area (Å²) in [6.07, 6.45) is 0. The summed E-state index contributed by atoms with van der Waals surface area (Å²) in [4.78, 5) is 0. The van der Waals surface area contributed by atoms with Crippen LogP contribution in [0.15, 0.2) is 16.6 Å². The van der Waals surface area contributed by atoms with E-state index in [9.17, 15) is 5.11 Å². The molecule has 0 aliphatic carbocycles. The molecule has 0 saturated heterocycles. The fourth-order valence-corrected chi connectivity index (χ4v) is 2.16. The summed E-state index contributed by atoms with van der Waals surface area (Å²) in [5.41, 5.74) is 5.97. The zero-order valence-corrected chi connectivity index (χ0v) is 10.1. The van der Waals surface area contributed by atoms with Gasteiger partial charge >= 0.3 is 0 Å². The number of benzene rings is 1. The highest BCUT2D eigenvalue weighted by Crippen LogP contribution is 2.40. The summed E-state index contributed by atoms with van der Waals surface area (Å²) in [5.74, 6) is 0.524. The smallest absolute Gasteiger partial charge is 0.163 e. The molecular weight excluding hydrogens is 246 g/mol. The van der Waals surface area contributed by atoms with Gasteiger partial charge in [0.1, 0.15) is 0 Å². The van der Waals surface area contributed by atoms with Crippen molar-refractivity contribution in [2.45, 2.75) is 19.4 Å².